The summed E-state index contributed by atoms with van der Waals surface area (Å²) in [6.45, 7) is 0. The highest BCUT2D eigenvalue weighted by Gasteiger charge is 2.45. The Hall–Kier alpha value is -1.54. The maximum absolute atomic E-state index is 12.5. The number of benzene rings is 1. The minimum Gasteiger partial charge on any atom is -0.462 e. The van der Waals surface area contributed by atoms with Gasteiger partial charge in [0.2, 0.25) is 5.91 Å². The first-order valence-electron chi connectivity index (χ1n) is 8.49. The molecular formula is C17H19BClNO5. The maximum Gasteiger partial charge on any atom is 0.475 e. The molecule has 2 aromatic rings. The van der Waals surface area contributed by atoms with Crippen molar-refractivity contribution in [2.45, 2.75) is 43.8 Å². The van der Waals surface area contributed by atoms with Gasteiger partial charge in [-0.05, 0) is 37.3 Å². The third-order valence-corrected chi connectivity index (χ3v) is 5.50. The Morgan fingerprint density at radius 1 is 1.40 bits per heavy atom. The van der Waals surface area contributed by atoms with E-state index in [-0.39, 0.29) is 30.5 Å². The quantitative estimate of drug-likeness (QED) is 0.703. The van der Waals surface area contributed by atoms with Crippen LogP contribution in [0.3, 0.4) is 0 Å². The summed E-state index contributed by atoms with van der Waals surface area (Å²) in [6.07, 6.45) is 4.49. The Morgan fingerprint density at radius 2 is 2.24 bits per heavy atom. The molecule has 3 N–H and O–H groups in total. The number of para-hydroxylation sites is 1. The zero-order valence-corrected chi connectivity index (χ0v) is 14.3. The molecule has 2 fully saturated rings. The molecule has 132 valence electrons. The molecule has 2 aliphatic heterocycles. The lowest BCUT2D eigenvalue weighted by Crippen LogP contribution is -2.50. The highest BCUT2D eigenvalue weighted by Crippen LogP contribution is 2.39. The molecule has 0 saturated carbocycles. The van der Waals surface area contributed by atoms with Crippen molar-refractivity contribution in [2.75, 3.05) is 0 Å². The second-order valence-electron chi connectivity index (χ2n) is 6.83. The maximum atomic E-state index is 12.5. The molecule has 0 aliphatic carbocycles. The van der Waals surface area contributed by atoms with Gasteiger partial charge in [0.15, 0.2) is 5.58 Å². The van der Waals surface area contributed by atoms with Gasteiger partial charge in [-0.1, -0.05) is 23.7 Å². The number of hydrogen-bond acceptors (Lipinski definition) is 5. The van der Waals surface area contributed by atoms with E-state index in [9.17, 15) is 14.8 Å². The highest BCUT2D eigenvalue weighted by atomic mass is 35.5. The third kappa shape index (κ3) is 3.17. The molecule has 4 atom stereocenters. The normalized spacial score (nSPS) is 26.1. The first-order valence-corrected chi connectivity index (χ1v) is 8.87. The number of furan rings is 1. The van der Waals surface area contributed by atoms with Crippen molar-refractivity contribution < 1.29 is 24.0 Å². The molecule has 6 nitrogen and oxygen atoms in total. The Kier molecular flexibility index (Phi) is 4.49. The number of ether oxygens (including phenoxy) is 1. The SMILES string of the molecule is O=C(NC(Cc1coc2c(Cl)cccc12)B(O)O)[C@H]1C[C@@H]2CC[C@H]1O2. The average molecular weight is 364 g/mol. The lowest BCUT2D eigenvalue weighted by atomic mass is 9.75. The topological polar surface area (TPSA) is 91.9 Å². The molecule has 1 unspecified atom stereocenters. The largest absolute Gasteiger partial charge is 0.475 e. The number of rotatable bonds is 5. The molecule has 2 saturated heterocycles. The van der Waals surface area contributed by atoms with E-state index in [1.807, 2.05) is 6.07 Å². The van der Waals surface area contributed by atoms with Gasteiger partial charge in [-0.3, -0.25) is 4.79 Å². The number of fused-ring (bicyclic) bond motifs is 3. The van der Waals surface area contributed by atoms with Crippen LogP contribution in [0.5, 0.6) is 0 Å². The summed E-state index contributed by atoms with van der Waals surface area (Å²) < 4.78 is 11.2. The molecule has 0 spiro atoms. The van der Waals surface area contributed by atoms with Gasteiger partial charge in [-0.15, -0.1) is 0 Å². The second-order valence-corrected chi connectivity index (χ2v) is 7.23. The molecule has 25 heavy (non-hydrogen) atoms. The first-order chi connectivity index (χ1) is 12.0. The molecule has 0 radical (unpaired) electrons. The van der Waals surface area contributed by atoms with Crippen molar-refractivity contribution in [1.29, 1.82) is 0 Å². The van der Waals surface area contributed by atoms with Crippen molar-refractivity contribution in [1.82, 2.24) is 5.32 Å². The van der Waals surface area contributed by atoms with E-state index in [0.717, 1.165) is 23.8 Å². The number of nitrogens with one attached hydrogen (secondary N) is 1. The molecule has 1 aromatic heterocycles. The monoisotopic (exact) mass is 363 g/mol. The fraction of sp³-hybridized carbons (Fsp3) is 0.471. The van der Waals surface area contributed by atoms with E-state index in [4.69, 9.17) is 20.8 Å². The number of carbonyl (C=O) groups excluding carboxylic acids is 1. The minimum absolute atomic E-state index is 0.0463. The molecule has 1 aromatic carbocycles. The van der Waals surface area contributed by atoms with Gasteiger partial charge in [0, 0.05) is 5.39 Å². The number of carbonyl (C=O) groups is 1. The summed E-state index contributed by atoms with van der Waals surface area (Å²) in [6, 6.07) is 5.39. The average Bonchev–Trinajstić information content (AvgIpc) is 3.30. The highest BCUT2D eigenvalue weighted by molar-refractivity contribution is 6.43. The van der Waals surface area contributed by atoms with Crippen LogP contribution in [0.15, 0.2) is 28.9 Å². The number of halogens is 1. The van der Waals surface area contributed by atoms with Crippen LogP contribution in [-0.2, 0) is 16.0 Å². The Morgan fingerprint density at radius 3 is 2.92 bits per heavy atom. The predicted molar refractivity (Wildman–Crippen MR) is 93.1 cm³/mol. The van der Waals surface area contributed by atoms with Gasteiger partial charge < -0.3 is 24.5 Å². The lowest BCUT2D eigenvalue weighted by molar-refractivity contribution is -0.126. The van der Waals surface area contributed by atoms with Crippen LogP contribution in [0.4, 0.5) is 0 Å². The summed E-state index contributed by atoms with van der Waals surface area (Å²) >= 11 is 6.10. The summed E-state index contributed by atoms with van der Waals surface area (Å²) in [5.74, 6) is -1.22. The first kappa shape index (κ1) is 16.9. The van der Waals surface area contributed by atoms with Crippen LogP contribution in [0.2, 0.25) is 5.02 Å². The van der Waals surface area contributed by atoms with E-state index in [1.54, 1.807) is 18.4 Å². The zero-order chi connectivity index (χ0) is 17.6. The van der Waals surface area contributed by atoms with Crippen molar-refractivity contribution in [2.24, 2.45) is 5.92 Å². The lowest BCUT2D eigenvalue weighted by Gasteiger charge is -2.23. The Labute approximate surface area is 150 Å². The van der Waals surface area contributed by atoms with Crippen LogP contribution in [0.25, 0.3) is 11.0 Å². The summed E-state index contributed by atoms with van der Waals surface area (Å²) in [4.78, 5) is 12.5. The summed E-state index contributed by atoms with van der Waals surface area (Å²) in [5.41, 5.74) is 1.32. The van der Waals surface area contributed by atoms with E-state index in [0.29, 0.717) is 17.0 Å². The molecule has 8 heteroatoms. The molecular weight excluding hydrogens is 344 g/mol. The smallest absolute Gasteiger partial charge is 0.462 e. The molecule has 2 bridgehead atoms. The van der Waals surface area contributed by atoms with Crippen molar-refractivity contribution in [3.63, 3.8) is 0 Å². The molecule has 4 rings (SSSR count). The van der Waals surface area contributed by atoms with Gasteiger partial charge in [0.05, 0.1) is 35.4 Å². The van der Waals surface area contributed by atoms with Crippen LogP contribution in [0.1, 0.15) is 24.8 Å². The van der Waals surface area contributed by atoms with Gasteiger partial charge in [-0.25, -0.2) is 0 Å². The summed E-state index contributed by atoms with van der Waals surface area (Å²) in [5, 5.41) is 23.5. The minimum atomic E-state index is -1.67. The molecule has 2 aliphatic rings. The van der Waals surface area contributed by atoms with Crippen molar-refractivity contribution in [3.05, 3.63) is 35.0 Å². The number of hydrogen-bond donors (Lipinski definition) is 3. The van der Waals surface area contributed by atoms with Gasteiger partial charge >= 0.3 is 7.12 Å². The fourth-order valence-corrected chi connectivity index (χ4v) is 4.12. The van der Waals surface area contributed by atoms with Crippen LogP contribution < -0.4 is 5.32 Å². The third-order valence-electron chi connectivity index (χ3n) is 5.20. The number of amides is 1. The second kappa shape index (κ2) is 6.65. The van der Waals surface area contributed by atoms with Gasteiger partial charge in [-0.2, -0.15) is 0 Å². The standard InChI is InChI=1S/C17H19BClNO5/c19-13-3-1-2-11-9(8-24-16(11)13)6-15(18(22)23)20-17(21)12-7-10-4-5-14(12)25-10/h1-3,8,10,12,14-15,22-23H,4-7H2,(H,20,21)/t10-,12-,14+,15?/m0/s1. The molecule has 3 heterocycles. The van der Waals surface area contributed by atoms with E-state index >= 15 is 0 Å². The van der Waals surface area contributed by atoms with Gasteiger partial charge in [0.1, 0.15) is 0 Å². The van der Waals surface area contributed by atoms with Crippen molar-refractivity contribution >= 4 is 35.6 Å². The van der Waals surface area contributed by atoms with Crippen LogP contribution >= 0.6 is 11.6 Å². The predicted octanol–water partition coefficient (Wildman–Crippen LogP) is 1.69. The fourth-order valence-electron chi connectivity index (χ4n) is 3.90. The van der Waals surface area contributed by atoms with Crippen molar-refractivity contribution in [3.8, 4) is 0 Å². The van der Waals surface area contributed by atoms with E-state index in [1.165, 1.54) is 0 Å². The van der Waals surface area contributed by atoms with Crippen LogP contribution in [-0.4, -0.2) is 41.2 Å². The van der Waals surface area contributed by atoms with Gasteiger partial charge in [0.25, 0.3) is 0 Å². The summed E-state index contributed by atoms with van der Waals surface area (Å²) in [7, 11) is -1.67. The van der Waals surface area contributed by atoms with E-state index in [2.05, 4.69) is 5.32 Å². The zero-order valence-electron chi connectivity index (χ0n) is 13.5. The van der Waals surface area contributed by atoms with Crippen LogP contribution in [0, 0.1) is 5.92 Å². The Bertz CT molecular complexity index is 794. The Balaban J connectivity index is 1.49. The molecule has 1 amide bonds. The van der Waals surface area contributed by atoms with E-state index < -0.39 is 13.1 Å².